The van der Waals surface area contributed by atoms with Crippen LogP contribution in [0.4, 0.5) is 0 Å². The minimum Gasteiger partial charge on any atom is -0.501 e. The van der Waals surface area contributed by atoms with E-state index in [1.54, 1.807) is 25.8 Å². The minimum atomic E-state index is -0.398. The van der Waals surface area contributed by atoms with E-state index in [1.165, 1.54) is 9.80 Å². The molecule has 0 aliphatic heterocycles. The van der Waals surface area contributed by atoms with E-state index in [4.69, 9.17) is 4.74 Å². The predicted octanol–water partition coefficient (Wildman–Crippen LogP) is 4.04. The lowest BCUT2D eigenvalue weighted by atomic mass is 10.1. The number of benzene rings is 1. The van der Waals surface area contributed by atoms with Crippen LogP contribution in [0.1, 0.15) is 31.4 Å². The summed E-state index contributed by atoms with van der Waals surface area (Å²) < 4.78 is 5.21. The molecule has 0 saturated carbocycles. The number of ether oxygens (including phenoxy) is 1. The second kappa shape index (κ2) is 6.12. The molecule has 0 aromatic heterocycles. The van der Waals surface area contributed by atoms with E-state index in [0.717, 1.165) is 24.2 Å². The van der Waals surface area contributed by atoms with Crippen molar-refractivity contribution in [2.75, 3.05) is 7.11 Å². The van der Waals surface area contributed by atoms with Crippen molar-refractivity contribution < 1.29 is 9.84 Å². The van der Waals surface area contributed by atoms with Crippen LogP contribution in [0.25, 0.3) is 0 Å². The van der Waals surface area contributed by atoms with Gasteiger partial charge in [-0.1, -0.05) is 23.9 Å². The Kier molecular flexibility index (Phi) is 4.50. The second-order valence-corrected chi connectivity index (χ2v) is 5.52. The summed E-state index contributed by atoms with van der Waals surface area (Å²) in [5, 5.41) is 9.45. The number of aliphatic hydroxyl groups is 1. The molecule has 96 valence electrons. The molecule has 18 heavy (non-hydrogen) atoms. The topological polar surface area (TPSA) is 29.5 Å². The molecule has 0 heterocycles. The summed E-state index contributed by atoms with van der Waals surface area (Å²) in [6.45, 7) is 1.78. The maximum atomic E-state index is 9.45. The Balaban J connectivity index is 2.02. The van der Waals surface area contributed by atoms with E-state index in [1.807, 2.05) is 18.2 Å². The molecule has 0 unspecified atom stereocenters. The zero-order valence-corrected chi connectivity index (χ0v) is 11.5. The summed E-state index contributed by atoms with van der Waals surface area (Å²) in [6.07, 6.45) is 5.76. The Hall–Kier alpha value is -1.19. The highest BCUT2D eigenvalue weighted by atomic mass is 32.2. The van der Waals surface area contributed by atoms with E-state index in [-0.39, 0.29) is 0 Å². The van der Waals surface area contributed by atoms with Gasteiger partial charge in [0.25, 0.3) is 0 Å². The van der Waals surface area contributed by atoms with Crippen LogP contribution in [0, 0.1) is 0 Å². The van der Waals surface area contributed by atoms with Crippen molar-refractivity contribution in [3.63, 3.8) is 0 Å². The van der Waals surface area contributed by atoms with Gasteiger partial charge in [0.1, 0.15) is 0 Å². The van der Waals surface area contributed by atoms with Crippen LogP contribution in [0.3, 0.4) is 0 Å². The van der Waals surface area contributed by atoms with Gasteiger partial charge < -0.3 is 9.84 Å². The number of hydrogen-bond acceptors (Lipinski definition) is 3. The zero-order valence-electron chi connectivity index (χ0n) is 10.7. The summed E-state index contributed by atoms with van der Waals surface area (Å²) in [6, 6.07) is 8.08. The molecule has 2 rings (SSSR count). The average Bonchev–Trinajstić information content (AvgIpc) is 2.40. The van der Waals surface area contributed by atoms with Crippen molar-refractivity contribution in [2.45, 2.75) is 30.8 Å². The molecule has 0 radical (unpaired) electrons. The molecule has 1 aromatic rings. The number of thioether (sulfide) groups is 1. The van der Waals surface area contributed by atoms with Gasteiger partial charge in [0.05, 0.1) is 19.0 Å². The van der Waals surface area contributed by atoms with Gasteiger partial charge in [-0.05, 0) is 48.1 Å². The molecule has 1 atom stereocenters. The standard InChI is InChI=1S/C15H18O2S/c1-11(16)12-3-7-14(8-4-12)18-15-9-5-13(17-2)6-10-15/h3-5,7-9,11,16H,6,10H2,1-2H3/t11-/m1/s1. The Morgan fingerprint density at radius 1 is 1.17 bits per heavy atom. The van der Waals surface area contributed by atoms with Crippen molar-refractivity contribution in [1.82, 2.24) is 0 Å². The minimum absolute atomic E-state index is 0.398. The maximum Gasteiger partial charge on any atom is 0.0959 e. The van der Waals surface area contributed by atoms with Crippen LogP contribution in [0.5, 0.6) is 0 Å². The predicted molar refractivity (Wildman–Crippen MR) is 75.3 cm³/mol. The number of aliphatic hydroxyl groups excluding tert-OH is 1. The first kappa shape index (κ1) is 13.2. The molecule has 0 bridgehead atoms. The van der Waals surface area contributed by atoms with E-state index in [0.29, 0.717) is 0 Å². The second-order valence-electron chi connectivity index (χ2n) is 4.32. The maximum absolute atomic E-state index is 9.45. The van der Waals surface area contributed by atoms with Gasteiger partial charge in [-0.2, -0.15) is 0 Å². The fraction of sp³-hybridized carbons (Fsp3) is 0.333. The Morgan fingerprint density at radius 3 is 2.39 bits per heavy atom. The molecule has 1 aliphatic carbocycles. The van der Waals surface area contributed by atoms with Crippen molar-refractivity contribution in [1.29, 1.82) is 0 Å². The van der Waals surface area contributed by atoms with Crippen LogP contribution in [0.15, 0.2) is 52.0 Å². The van der Waals surface area contributed by atoms with Crippen molar-refractivity contribution in [3.05, 3.63) is 52.6 Å². The monoisotopic (exact) mass is 262 g/mol. The summed E-state index contributed by atoms with van der Waals surface area (Å²) in [5.41, 5.74) is 0.957. The van der Waals surface area contributed by atoms with Crippen molar-refractivity contribution >= 4 is 11.8 Å². The van der Waals surface area contributed by atoms with E-state index >= 15 is 0 Å². The highest BCUT2D eigenvalue weighted by molar-refractivity contribution is 8.03. The van der Waals surface area contributed by atoms with Crippen molar-refractivity contribution in [2.24, 2.45) is 0 Å². The van der Waals surface area contributed by atoms with Gasteiger partial charge in [-0.3, -0.25) is 0 Å². The molecule has 0 saturated heterocycles. The smallest absolute Gasteiger partial charge is 0.0959 e. The molecule has 1 aliphatic rings. The van der Waals surface area contributed by atoms with E-state index in [2.05, 4.69) is 18.2 Å². The van der Waals surface area contributed by atoms with Crippen LogP contribution in [-0.2, 0) is 4.74 Å². The van der Waals surface area contributed by atoms with Crippen LogP contribution in [-0.4, -0.2) is 12.2 Å². The largest absolute Gasteiger partial charge is 0.501 e. The Bertz CT molecular complexity index is 458. The summed E-state index contributed by atoms with van der Waals surface area (Å²) in [4.78, 5) is 2.56. The first-order chi connectivity index (χ1) is 8.69. The highest BCUT2D eigenvalue weighted by Crippen LogP contribution is 2.33. The Labute approximate surface area is 112 Å². The molecule has 1 N–H and O–H groups in total. The van der Waals surface area contributed by atoms with Gasteiger partial charge in [-0.15, -0.1) is 0 Å². The summed E-state index contributed by atoms with van der Waals surface area (Å²) >= 11 is 1.78. The Morgan fingerprint density at radius 2 is 1.89 bits per heavy atom. The third-order valence-corrected chi connectivity index (χ3v) is 4.06. The molecule has 2 nitrogen and oxygen atoms in total. The number of rotatable bonds is 4. The van der Waals surface area contributed by atoms with Gasteiger partial charge >= 0.3 is 0 Å². The SMILES string of the molecule is COC1=CC=C(Sc2ccc([C@@H](C)O)cc2)CC1. The normalized spacial score (nSPS) is 16.8. The van der Waals surface area contributed by atoms with Gasteiger partial charge in [0, 0.05) is 11.3 Å². The van der Waals surface area contributed by atoms with Crippen LogP contribution >= 0.6 is 11.8 Å². The van der Waals surface area contributed by atoms with Crippen LogP contribution < -0.4 is 0 Å². The molecular formula is C15H18O2S. The number of hydrogen-bond donors (Lipinski definition) is 1. The van der Waals surface area contributed by atoms with Crippen molar-refractivity contribution in [3.8, 4) is 0 Å². The first-order valence-electron chi connectivity index (χ1n) is 6.08. The number of allylic oxidation sites excluding steroid dienone is 4. The fourth-order valence-corrected chi connectivity index (χ4v) is 2.73. The fourth-order valence-electron chi connectivity index (χ4n) is 1.82. The molecule has 3 heteroatoms. The molecule has 1 aromatic carbocycles. The lowest BCUT2D eigenvalue weighted by Gasteiger charge is -2.13. The molecule has 0 amide bonds. The first-order valence-corrected chi connectivity index (χ1v) is 6.90. The lowest BCUT2D eigenvalue weighted by Crippen LogP contribution is -1.93. The zero-order chi connectivity index (χ0) is 13.0. The quantitative estimate of drug-likeness (QED) is 0.888. The highest BCUT2D eigenvalue weighted by Gasteiger charge is 2.08. The van der Waals surface area contributed by atoms with E-state index < -0.39 is 6.10 Å². The van der Waals surface area contributed by atoms with Crippen LogP contribution in [0.2, 0.25) is 0 Å². The average molecular weight is 262 g/mol. The number of methoxy groups -OCH3 is 1. The van der Waals surface area contributed by atoms with Gasteiger partial charge in [-0.25, -0.2) is 0 Å². The molecule has 0 spiro atoms. The lowest BCUT2D eigenvalue weighted by molar-refractivity contribution is 0.199. The third kappa shape index (κ3) is 3.40. The van der Waals surface area contributed by atoms with Gasteiger partial charge in [0.2, 0.25) is 0 Å². The molecular weight excluding hydrogens is 244 g/mol. The van der Waals surface area contributed by atoms with E-state index in [9.17, 15) is 5.11 Å². The summed E-state index contributed by atoms with van der Waals surface area (Å²) in [5.74, 6) is 1.05. The molecule has 0 fully saturated rings. The third-order valence-electron chi connectivity index (χ3n) is 2.95. The summed E-state index contributed by atoms with van der Waals surface area (Å²) in [7, 11) is 1.71. The van der Waals surface area contributed by atoms with Gasteiger partial charge in [0.15, 0.2) is 0 Å².